The van der Waals surface area contributed by atoms with Crippen molar-refractivity contribution < 1.29 is 49.4 Å². The molecule has 0 saturated carbocycles. The van der Waals surface area contributed by atoms with Crippen molar-refractivity contribution in [3.05, 3.63) is 22.8 Å². The first-order valence-corrected chi connectivity index (χ1v) is 4.52. The number of aromatic carboxylic acids is 1. The Morgan fingerprint density at radius 1 is 0.762 bits per heavy atom. The van der Waals surface area contributed by atoms with Crippen LogP contribution >= 0.6 is 0 Å². The van der Waals surface area contributed by atoms with E-state index in [0.717, 1.165) is 0 Å². The van der Waals surface area contributed by atoms with Crippen molar-refractivity contribution in [1.82, 2.24) is 9.97 Å². The van der Waals surface area contributed by atoms with Crippen LogP contribution in [-0.4, -0.2) is 21.0 Å². The van der Waals surface area contributed by atoms with Crippen molar-refractivity contribution in [1.29, 1.82) is 0 Å². The Labute approximate surface area is 108 Å². The maximum Gasteiger partial charge on any atom is 0.451 e. The van der Waals surface area contributed by atoms with E-state index in [1.54, 1.807) is 0 Å². The van der Waals surface area contributed by atoms with E-state index in [2.05, 4.69) is 0 Å². The molecule has 1 rings (SSSR count). The fraction of sp³-hybridized carbons (Fsp3) is 0.375. The molecule has 0 aliphatic heterocycles. The molecule has 0 aromatic carbocycles. The zero-order valence-corrected chi connectivity index (χ0v) is 9.15. The maximum atomic E-state index is 12.5. The van der Waals surface area contributed by atoms with Crippen molar-refractivity contribution >= 4 is 5.97 Å². The number of carboxylic acids is 1. The topological polar surface area (TPSA) is 63.1 Å². The van der Waals surface area contributed by atoms with Crippen LogP contribution in [0.1, 0.15) is 27.6 Å². The second-order valence-corrected chi connectivity index (χ2v) is 3.42. The van der Waals surface area contributed by atoms with Crippen molar-refractivity contribution in [2.24, 2.45) is 0 Å². The Kier molecular flexibility index (Phi) is 3.83. The largest absolute Gasteiger partial charge is 0.478 e. The second-order valence-electron chi connectivity index (χ2n) is 3.42. The summed E-state index contributed by atoms with van der Waals surface area (Å²) in [6.07, 6.45) is -17.4. The van der Waals surface area contributed by atoms with Crippen molar-refractivity contribution in [3.8, 4) is 0 Å². The predicted octanol–water partition coefficient (Wildman–Crippen LogP) is 3.23. The highest BCUT2D eigenvalue weighted by atomic mass is 19.4. The van der Waals surface area contributed by atoms with Gasteiger partial charge in [-0.05, 0) is 0 Å². The molecule has 1 aromatic heterocycles. The molecule has 13 heteroatoms. The van der Waals surface area contributed by atoms with Crippen LogP contribution in [0.3, 0.4) is 0 Å². The molecule has 1 N–H and O–H groups in total. The molecule has 0 unspecified atom stereocenters. The molecule has 0 aliphatic rings. The van der Waals surface area contributed by atoms with Crippen LogP contribution in [0.25, 0.3) is 0 Å². The SMILES string of the molecule is O=C(O)c1c(C(F)(F)F)nc(C(F)(F)F)nc1C(F)(F)F. The molecule has 1 aromatic rings. The van der Waals surface area contributed by atoms with Crippen molar-refractivity contribution in [3.63, 3.8) is 0 Å². The third kappa shape index (κ3) is 3.52. The van der Waals surface area contributed by atoms with E-state index < -0.39 is 47.3 Å². The molecule has 0 aliphatic carbocycles. The molecule has 0 radical (unpaired) electrons. The van der Waals surface area contributed by atoms with Crippen LogP contribution < -0.4 is 0 Å². The van der Waals surface area contributed by atoms with E-state index in [0.29, 0.717) is 0 Å². The number of hydrogen-bond acceptors (Lipinski definition) is 3. The highest BCUT2D eigenvalue weighted by Gasteiger charge is 2.49. The quantitative estimate of drug-likeness (QED) is 0.804. The molecule has 118 valence electrons. The standard InChI is InChI=1S/C8HF9N2O2/c9-6(10,11)2-1(4(20)21)3(7(12,13)14)19-5(18-2)8(15,16)17/h(H,20,21). The van der Waals surface area contributed by atoms with Crippen LogP contribution in [0.5, 0.6) is 0 Å². The van der Waals surface area contributed by atoms with Gasteiger partial charge in [0.15, 0.2) is 11.4 Å². The van der Waals surface area contributed by atoms with E-state index >= 15 is 0 Å². The van der Waals surface area contributed by atoms with Gasteiger partial charge in [0.05, 0.1) is 0 Å². The van der Waals surface area contributed by atoms with Crippen molar-refractivity contribution in [2.75, 3.05) is 0 Å². The van der Waals surface area contributed by atoms with Gasteiger partial charge >= 0.3 is 24.5 Å². The fourth-order valence-corrected chi connectivity index (χ4v) is 1.20. The summed E-state index contributed by atoms with van der Waals surface area (Å²) < 4.78 is 111. The van der Waals surface area contributed by atoms with Crippen LogP contribution in [0.2, 0.25) is 0 Å². The molecule has 0 bridgehead atoms. The lowest BCUT2D eigenvalue weighted by Crippen LogP contribution is -2.27. The number of aromatic nitrogens is 2. The van der Waals surface area contributed by atoms with Crippen LogP contribution in [0.4, 0.5) is 39.5 Å². The van der Waals surface area contributed by atoms with Gasteiger partial charge in [-0.1, -0.05) is 0 Å². The molecule has 0 spiro atoms. The van der Waals surface area contributed by atoms with Crippen LogP contribution in [0.15, 0.2) is 0 Å². The molecule has 4 nitrogen and oxygen atoms in total. The average Bonchev–Trinajstić information content (AvgIpc) is 2.23. The number of carboxylic acid groups (broad SMARTS) is 1. The van der Waals surface area contributed by atoms with Crippen LogP contribution in [-0.2, 0) is 18.5 Å². The zero-order valence-electron chi connectivity index (χ0n) is 9.15. The van der Waals surface area contributed by atoms with E-state index in [9.17, 15) is 44.3 Å². The molecule has 0 fully saturated rings. The lowest BCUT2D eigenvalue weighted by molar-refractivity contribution is -0.160. The highest BCUT2D eigenvalue weighted by Crippen LogP contribution is 2.39. The van der Waals surface area contributed by atoms with E-state index in [1.807, 2.05) is 9.97 Å². The summed E-state index contributed by atoms with van der Waals surface area (Å²) in [5.41, 5.74) is -8.16. The van der Waals surface area contributed by atoms with Gasteiger partial charge in [0.2, 0.25) is 5.82 Å². The third-order valence-electron chi connectivity index (χ3n) is 1.91. The Morgan fingerprint density at radius 3 is 1.29 bits per heavy atom. The first-order chi connectivity index (χ1) is 9.15. The molecule has 0 amide bonds. The van der Waals surface area contributed by atoms with Gasteiger partial charge in [0.25, 0.3) is 0 Å². The van der Waals surface area contributed by atoms with Gasteiger partial charge in [-0.3, -0.25) is 0 Å². The van der Waals surface area contributed by atoms with Crippen LogP contribution in [0, 0.1) is 0 Å². The molecule has 0 saturated heterocycles. The van der Waals surface area contributed by atoms with E-state index in [4.69, 9.17) is 5.11 Å². The van der Waals surface area contributed by atoms with Gasteiger partial charge in [0.1, 0.15) is 5.56 Å². The fourth-order valence-electron chi connectivity index (χ4n) is 1.20. The Balaban J connectivity index is 3.89. The summed E-state index contributed by atoms with van der Waals surface area (Å²) in [7, 11) is 0. The Morgan fingerprint density at radius 2 is 1.10 bits per heavy atom. The van der Waals surface area contributed by atoms with E-state index in [-0.39, 0.29) is 0 Å². The van der Waals surface area contributed by atoms with Gasteiger partial charge in [-0.25, -0.2) is 14.8 Å². The minimum absolute atomic E-state index is 1.87. The number of alkyl halides is 9. The number of nitrogens with zero attached hydrogens (tertiary/aromatic N) is 2. The van der Waals surface area contributed by atoms with Crippen molar-refractivity contribution in [2.45, 2.75) is 18.5 Å². The van der Waals surface area contributed by atoms with Gasteiger partial charge in [-0.2, -0.15) is 39.5 Å². The lowest BCUT2D eigenvalue weighted by Gasteiger charge is -2.16. The Bertz CT molecular complexity index is 538. The summed E-state index contributed by atoms with van der Waals surface area (Å²) in [6, 6.07) is 0. The average molecular weight is 328 g/mol. The minimum Gasteiger partial charge on any atom is -0.478 e. The minimum atomic E-state index is -5.85. The second kappa shape index (κ2) is 4.73. The normalized spacial score (nSPS) is 13.4. The number of rotatable bonds is 1. The number of carbonyl (C=O) groups is 1. The molecule has 0 atom stereocenters. The zero-order chi connectivity index (χ0) is 16.8. The van der Waals surface area contributed by atoms with Gasteiger partial charge < -0.3 is 5.11 Å². The summed E-state index contributed by atoms with van der Waals surface area (Å²) >= 11 is 0. The van der Waals surface area contributed by atoms with E-state index in [1.165, 1.54) is 0 Å². The first-order valence-electron chi connectivity index (χ1n) is 4.52. The summed E-state index contributed by atoms with van der Waals surface area (Å²) in [5.74, 6) is -5.50. The third-order valence-corrected chi connectivity index (χ3v) is 1.91. The summed E-state index contributed by atoms with van der Waals surface area (Å²) in [6.45, 7) is 0. The molecule has 21 heavy (non-hydrogen) atoms. The first kappa shape index (κ1) is 17.0. The highest BCUT2D eigenvalue weighted by molar-refractivity contribution is 5.90. The number of hydrogen-bond donors (Lipinski definition) is 1. The summed E-state index contributed by atoms with van der Waals surface area (Å²) in [5, 5.41) is 8.41. The number of halogens is 9. The maximum absolute atomic E-state index is 12.5. The predicted molar refractivity (Wildman–Crippen MR) is 44.0 cm³/mol. The lowest BCUT2D eigenvalue weighted by atomic mass is 10.1. The molecular formula is C8HF9N2O2. The smallest absolute Gasteiger partial charge is 0.451 e. The molecule has 1 heterocycles. The van der Waals surface area contributed by atoms with Gasteiger partial charge in [0, 0.05) is 0 Å². The summed E-state index contributed by atoms with van der Waals surface area (Å²) in [4.78, 5) is 14.3. The monoisotopic (exact) mass is 328 g/mol. The Hall–Kier alpha value is -2.08. The van der Waals surface area contributed by atoms with Gasteiger partial charge in [-0.15, -0.1) is 0 Å². The molecular weight excluding hydrogens is 327 g/mol.